The van der Waals surface area contributed by atoms with Crippen LogP contribution in [0.4, 0.5) is 23.8 Å². The van der Waals surface area contributed by atoms with Crippen LogP contribution in [0.2, 0.25) is 0 Å². The SMILES string of the molecule is COC(=O)NC(C(=O)N1CC(C)CC1c1nc(C2=CC=C(C3=CC(Cl)=C(NC(=O)c4ccc(N5CCN(C(=O)C(C)(C)C)CC5C)nc4)CC3OC(F)(F)F)CC2)c(CO)[nH]1)C(C)C. The number of aromatic nitrogens is 3. The Bertz CT molecular complexity index is 2230. The Labute approximate surface area is 376 Å². The van der Waals surface area contributed by atoms with Crippen molar-refractivity contribution in [2.45, 2.75) is 111 Å². The van der Waals surface area contributed by atoms with Gasteiger partial charge in [0.25, 0.3) is 5.91 Å². The van der Waals surface area contributed by atoms with Crippen molar-refractivity contribution in [3.05, 3.63) is 81.2 Å². The minimum atomic E-state index is -5.00. The molecule has 0 aromatic carbocycles. The van der Waals surface area contributed by atoms with Gasteiger partial charge in [-0.2, -0.15) is 0 Å². The van der Waals surface area contributed by atoms with E-state index in [0.29, 0.717) is 67.6 Å². The number of aromatic amines is 1. The van der Waals surface area contributed by atoms with Crippen LogP contribution in [-0.2, 0) is 25.7 Å². The second-order valence-corrected chi connectivity index (χ2v) is 18.7. The molecule has 6 rings (SSSR count). The van der Waals surface area contributed by atoms with Crippen LogP contribution in [0.3, 0.4) is 0 Å². The van der Waals surface area contributed by atoms with E-state index in [1.54, 1.807) is 29.2 Å². The van der Waals surface area contributed by atoms with Crippen molar-refractivity contribution in [3.63, 3.8) is 0 Å². The van der Waals surface area contributed by atoms with E-state index in [2.05, 4.69) is 30.2 Å². The lowest BCUT2D eigenvalue weighted by molar-refractivity contribution is -0.337. The Balaban J connectivity index is 1.19. The van der Waals surface area contributed by atoms with Crippen LogP contribution >= 0.6 is 11.6 Å². The van der Waals surface area contributed by atoms with Gasteiger partial charge in [0.1, 0.15) is 17.7 Å². The first kappa shape index (κ1) is 48.3. The Morgan fingerprint density at radius 2 is 1.75 bits per heavy atom. The number of allylic oxidation sites excluding steroid dienone is 5. The van der Waals surface area contributed by atoms with E-state index >= 15 is 0 Å². The molecule has 2 aromatic heterocycles. The van der Waals surface area contributed by atoms with Crippen molar-refractivity contribution in [3.8, 4) is 0 Å². The second-order valence-electron chi connectivity index (χ2n) is 18.3. The lowest BCUT2D eigenvalue weighted by Gasteiger charge is -2.42. The third-order valence-electron chi connectivity index (χ3n) is 12.0. The van der Waals surface area contributed by atoms with Gasteiger partial charge < -0.3 is 40.2 Å². The molecule has 348 valence electrons. The molecule has 4 N–H and O–H groups in total. The van der Waals surface area contributed by atoms with E-state index in [9.17, 15) is 37.5 Å². The number of methoxy groups -OCH3 is 1. The number of alkyl halides is 3. The maximum Gasteiger partial charge on any atom is 0.523 e. The van der Waals surface area contributed by atoms with E-state index in [4.69, 9.17) is 21.3 Å². The van der Waals surface area contributed by atoms with E-state index in [-0.39, 0.29) is 71.0 Å². The average molecular weight is 915 g/mol. The zero-order valence-electron chi connectivity index (χ0n) is 37.4. The number of aliphatic hydroxyl groups excluding tert-OH is 1. The molecular formula is C45H58ClF3N8O7. The number of H-pyrrole nitrogens is 1. The normalized spacial score (nSPS) is 22.5. The maximum absolute atomic E-state index is 13.9. The predicted molar refractivity (Wildman–Crippen MR) is 233 cm³/mol. The number of hydrogen-bond acceptors (Lipinski definition) is 10. The molecule has 2 aromatic rings. The van der Waals surface area contributed by atoms with Gasteiger partial charge in [0.2, 0.25) is 11.8 Å². The number of alkyl carbamates (subject to hydrolysis) is 1. The number of amides is 4. The molecule has 2 saturated heterocycles. The monoisotopic (exact) mass is 914 g/mol. The van der Waals surface area contributed by atoms with Crippen molar-refractivity contribution in [2.75, 3.05) is 38.2 Å². The van der Waals surface area contributed by atoms with Crippen molar-refractivity contribution < 1.29 is 46.9 Å². The largest absolute Gasteiger partial charge is 0.523 e. The second kappa shape index (κ2) is 19.5. The summed E-state index contributed by atoms with van der Waals surface area (Å²) in [6, 6.07) is 1.95. The number of pyridine rings is 1. The molecule has 2 aliphatic heterocycles. The number of piperazine rings is 1. The van der Waals surface area contributed by atoms with E-state index in [1.165, 1.54) is 19.4 Å². The van der Waals surface area contributed by atoms with Crippen molar-refractivity contribution in [1.29, 1.82) is 0 Å². The highest BCUT2D eigenvalue weighted by Gasteiger charge is 2.42. The van der Waals surface area contributed by atoms with Crippen LogP contribution < -0.4 is 15.5 Å². The quantitative estimate of drug-likeness (QED) is 0.185. The lowest BCUT2D eigenvalue weighted by atomic mass is 9.85. The van der Waals surface area contributed by atoms with Crippen LogP contribution in [0.15, 0.2) is 58.4 Å². The fourth-order valence-corrected chi connectivity index (χ4v) is 8.95. The summed E-state index contributed by atoms with van der Waals surface area (Å²) < 4.78 is 51.0. The summed E-state index contributed by atoms with van der Waals surface area (Å²) in [5.41, 5.74) is 2.10. The number of nitrogens with one attached hydrogen (secondary N) is 3. The fourth-order valence-electron chi connectivity index (χ4n) is 8.71. The Hall–Kier alpha value is -5.20. The molecule has 64 heavy (non-hydrogen) atoms. The molecular weight excluding hydrogens is 857 g/mol. The standard InChI is InChI=1S/C45H58ClF3N8O7/c1-24(2)37(54-43(62)63-8)41(60)57-21-25(3)17-34(57)39-51-33(23-58)38(53-39)28-11-9-27(10-12-28)30-18-31(46)32(19-35(30)64-45(47,48)49)52-40(59)29-13-14-36(50-20-29)56-16-15-55(22-26(56)4)42(61)44(5,6)7/h9,11,13-14,18,20,24-26,34-35,37,58H,10,12,15-17,19,21-23H2,1-8H3,(H,51,53)(H,52,59)(H,54,62). The van der Waals surface area contributed by atoms with Crippen molar-refractivity contribution in [2.24, 2.45) is 17.3 Å². The Kier molecular flexibility index (Phi) is 14.7. The topological polar surface area (TPSA) is 182 Å². The first-order valence-electron chi connectivity index (χ1n) is 21.5. The molecule has 4 aliphatic rings. The van der Waals surface area contributed by atoms with Gasteiger partial charge in [-0.25, -0.2) is 14.8 Å². The number of aliphatic hydroxyl groups is 1. The smallest absolute Gasteiger partial charge is 0.453 e. The van der Waals surface area contributed by atoms with Gasteiger partial charge in [-0.05, 0) is 73.0 Å². The number of likely N-dealkylation sites (tertiary alicyclic amines) is 1. The van der Waals surface area contributed by atoms with Gasteiger partial charge in [-0.3, -0.25) is 19.1 Å². The zero-order valence-corrected chi connectivity index (χ0v) is 38.2. The predicted octanol–water partition coefficient (Wildman–Crippen LogP) is 6.89. The lowest BCUT2D eigenvalue weighted by Crippen LogP contribution is -2.56. The summed E-state index contributed by atoms with van der Waals surface area (Å²) in [4.78, 5) is 70.3. The number of nitrogens with zero attached hydrogens (tertiary/aromatic N) is 5. The van der Waals surface area contributed by atoms with Crippen LogP contribution in [0, 0.1) is 17.3 Å². The molecule has 4 amide bonds. The third kappa shape index (κ3) is 11.0. The Morgan fingerprint density at radius 1 is 1.05 bits per heavy atom. The fraction of sp³-hybridized carbons (Fsp3) is 0.556. The number of halogens is 4. The molecule has 4 heterocycles. The molecule has 5 unspecified atom stereocenters. The van der Waals surface area contributed by atoms with E-state index in [1.807, 2.05) is 53.4 Å². The minimum absolute atomic E-state index is 0.0269. The number of carbonyl (C=O) groups is 4. The number of anilines is 1. The summed E-state index contributed by atoms with van der Waals surface area (Å²) in [6.45, 7) is 15.0. The number of hydrogen-bond donors (Lipinski definition) is 4. The first-order valence-corrected chi connectivity index (χ1v) is 21.9. The molecule has 0 saturated carbocycles. The molecule has 15 nitrogen and oxygen atoms in total. The highest BCUT2D eigenvalue weighted by Crippen LogP contribution is 2.41. The maximum atomic E-state index is 13.9. The Morgan fingerprint density at radius 3 is 2.33 bits per heavy atom. The van der Waals surface area contributed by atoms with Crippen molar-refractivity contribution >= 4 is 46.8 Å². The van der Waals surface area contributed by atoms with Gasteiger partial charge in [0.05, 0.1) is 47.8 Å². The van der Waals surface area contributed by atoms with Gasteiger partial charge in [0, 0.05) is 56.0 Å². The van der Waals surface area contributed by atoms with Crippen LogP contribution in [-0.4, -0.2) is 112 Å². The van der Waals surface area contributed by atoms with Gasteiger partial charge in [0.15, 0.2) is 0 Å². The van der Waals surface area contributed by atoms with E-state index in [0.717, 1.165) is 5.57 Å². The summed E-state index contributed by atoms with van der Waals surface area (Å²) in [6.07, 6.45) is -0.208. The number of ether oxygens (including phenoxy) is 2. The first-order chi connectivity index (χ1) is 30.1. The molecule has 0 spiro atoms. The molecule has 5 atom stereocenters. The van der Waals surface area contributed by atoms with Gasteiger partial charge >= 0.3 is 12.5 Å². The van der Waals surface area contributed by atoms with E-state index < -0.39 is 42.0 Å². The third-order valence-corrected chi connectivity index (χ3v) is 12.3. The molecule has 2 aliphatic carbocycles. The zero-order chi connectivity index (χ0) is 46.8. The van der Waals surface area contributed by atoms with Crippen LogP contribution in [0.1, 0.15) is 108 Å². The van der Waals surface area contributed by atoms with Crippen LogP contribution in [0.5, 0.6) is 0 Å². The average Bonchev–Trinajstić information content (AvgIpc) is 3.86. The van der Waals surface area contributed by atoms with Crippen molar-refractivity contribution in [1.82, 2.24) is 35.4 Å². The van der Waals surface area contributed by atoms with Gasteiger partial charge in [-0.1, -0.05) is 65.3 Å². The summed E-state index contributed by atoms with van der Waals surface area (Å²) in [5.74, 6) is 0.166. The molecule has 0 radical (unpaired) electrons. The molecule has 19 heteroatoms. The van der Waals surface area contributed by atoms with Crippen LogP contribution in [0.25, 0.3) is 5.57 Å². The number of carbonyl (C=O) groups excluding carboxylic acids is 4. The molecule has 2 fully saturated rings. The number of rotatable bonds is 11. The van der Waals surface area contributed by atoms with Gasteiger partial charge in [-0.15, -0.1) is 13.2 Å². The highest BCUT2D eigenvalue weighted by molar-refractivity contribution is 6.32. The number of imidazole rings is 1. The summed E-state index contributed by atoms with van der Waals surface area (Å²) >= 11 is 6.67. The minimum Gasteiger partial charge on any atom is -0.453 e. The summed E-state index contributed by atoms with van der Waals surface area (Å²) in [5, 5.41) is 15.7. The summed E-state index contributed by atoms with van der Waals surface area (Å²) in [7, 11) is 1.23. The highest BCUT2D eigenvalue weighted by atomic mass is 35.5. The molecule has 0 bridgehead atoms.